The molecule has 0 saturated heterocycles. The van der Waals surface area contributed by atoms with Gasteiger partial charge in [0.15, 0.2) is 0 Å². The molecule has 13 heteroatoms. The van der Waals surface area contributed by atoms with E-state index < -0.39 is 50.8 Å². The number of alkyl halides is 6. The van der Waals surface area contributed by atoms with E-state index in [4.69, 9.17) is 0 Å². The molecular formula is C12H7AsF7N3OS. The Morgan fingerprint density at radius 3 is 2.28 bits per heavy atom. The molecule has 1 heterocycles. The van der Waals surface area contributed by atoms with Crippen LogP contribution in [0.4, 0.5) is 30.7 Å². The van der Waals surface area contributed by atoms with Gasteiger partial charge in [0, 0.05) is 0 Å². The van der Waals surface area contributed by atoms with E-state index in [1.165, 1.54) is 6.92 Å². The summed E-state index contributed by atoms with van der Waals surface area (Å²) >= 11 is 1.64. The van der Waals surface area contributed by atoms with Gasteiger partial charge in [-0.2, -0.15) is 0 Å². The molecule has 2 radical (unpaired) electrons. The molecule has 1 aromatic carbocycles. The quantitative estimate of drug-likeness (QED) is 0.534. The Kier molecular flexibility index (Phi) is 5.34. The zero-order chi connectivity index (χ0) is 19.2. The number of hydrogen-bond donors (Lipinski definition) is 0. The van der Waals surface area contributed by atoms with Crippen LogP contribution in [-0.2, 0) is 17.0 Å². The fourth-order valence-electron chi connectivity index (χ4n) is 1.86. The number of benzene rings is 1. The summed E-state index contributed by atoms with van der Waals surface area (Å²) in [5.41, 5.74) is -0.623. The van der Waals surface area contributed by atoms with Gasteiger partial charge in [-0.05, 0) is 0 Å². The van der Waals surface area contributed by atoms with E-state index in [0.717, 1.165) is 12.1 Å². The summed E-state index contributed by atoms with van der Waals surface area (Å²) in [4.78, 5) is 2.78. The van der Waals surface area contributed by atoms with Gasteiger partial charge in [0.1, 0.15) is 0 Å². The van der Waals surface area contributed by atoms with Crippen molar-refractivity contribution in [2.75, 3.05) is 5.75 Å². The van der Waals surface area contributed by atoms with Crippen molar-refractivity contribution >= 4 is 32.3 Å². The van der Waals surface area contributed by atoms with Crippen LogP contribution in [0.5, 0.6) is 0 Å². The molecule has 2 aromatic rings. The summed E-state index contributed by atoms with van der Waals surface area (Å²) in [5.74, 6) is -4.25. The number of hydrogen-bond acceptors (Lipinski definition) is 3. The Morgan fingerprint density at radius 1 is 1.20 bits per heavy atom. The molecule has 25 heavy (non-hydrogen) atoms. The monoisotopic (exact) mass is 449 g/mol. The van der Waals surface area contributed by atoms with Crippen molar-refractivity contribution in [3.63, 3.8) is 0 Å². The third-order valence-electron chi connectivity index (χ3n) is 2.86. The van der Waals surface area contributed by atoms with Crippen molar-refractivity contribution < 1.29 is 34.9 Å². The van der Waals surface area contributed by atoms with E-state index in [-0.39, 0.29) is 10.5 Å². The Morgan fingerprint density at radius 2 is 1.80 bits per heavy atom. The molecule has 0 N–H and O–H groups in total. The van der Waals surface area contributed by atoms with Crippen LogP contribution in [0.3, 0.4) is 0 Å². The molecular weight excluding hydrogens is 442 g/mol. The third-order valence-corrected chi connectivity index (χ3v) is 4.98. The van der Waals surface area contributed by atoms with E-state index in [1.54, 1.807) is 16.9 Å². The van der Waals surface area contributed by atoms with Gasteiger partial charge in [0.05, 0.1) is 0 Å². The fraction of sp³-hybridized carbons (Fsp3) is 0.333. The normalized spacial score (nSPS) is 14.0. The van der Waals surface area contributed by atoms with Crippen LogP contribution in [0.15, 0.2) is 17.0 Å². The summed E-state index contributed by atoms with van der Waals surface area (Å²) in [7, 11) is -2.55. The Bertz CT molecular complexity index is 831. The SMILES string of the molecule is Cc1cc(F)c(-n2nc(C(F)(F)F)nc2[As])cc1S(=O)CC(F)(F)F. The molecule has 0 bridgehead atoms. The van der Waals surface area contributed by atoms with Gasteiger partial charge in [0.2, 0.25) is 0 Å². The third kappa shape index (κ3) is 4.60. The molecule has 1 unspecified atom stereocenters. The van der Waals surface area contributed by atoms with E-state index in [0.29, 0.717) is 4.68 Å². The van der Waals surface area contributed by atoms with Crippen molar-refractivity contribution in [3.8, 4) is 5.69 Å². The zero-order valence-electron chi connectivity index (χ0n) is 12.1. The number of aromatic nitrogens is 3. The van der Waals surface area contributed by atoms with E-state index in [1.807, 2.05) is 0 Å². The average Bonchev–Trinajstić information content (AvgIpc) is 2.78. The first-order valence-corrected chi connectivity index (χ1v) is 8.54. The fourth-order valence-corrected chi connectivity index (χ4v) is 3.49. The second-order valence-corrected chi connectivity index (χ2v) is 7.08. The Labute approximate surface area is 147 Å². The molecule has 1 atom stereocenters. The molecule has 0 aliphatic carbocycles. The van der Waals surface area contributed by atoms with Gasteiger partial charge in [-0.15, -0.1) is 0 Å². The Hall–Kier alpha value is -1.42. The number of nitrogens with zero attached hydrogens (tertiary/aromatic N) is 3. The van der Waals surface area contributed by atoms with Crippen LogP contribution < -0.4 is 4.61 Å². The molecule has 4 nitrogen and oxygen atoms in total. The molecule has 0 aliphatic rings. The van der Waals surface area contributed by atoms with Gasteiger partial charge < -0.3 is 0 Å². The van der Waals surface area contributed by atoms with Crippen molar-refractivity contribution in [1.29, 1.82) is 0 Å². The summed E-state index contributed by atoms with van der Waals surface area (Å²) in [5, 5.41) is 3.12. The minimum atomic E-state index is -4.89. The zero-order valence-corrected chi connectivity index (χ0v) is 14.8. The van der Waals surface area contributed by atoms with Crippen LogP contribution in [0.25, 0.3) is 5.69 Å². The van der Waals surface area contributed by atoms with Crippen molar-refractivity contribution in [3.05, 3.63) is 29.3 Å². The molecule has 0 saturated carbocycles. The first kappa shape index (κ1) is 19.9. The summed E-state index contributed by atoms with van der Waals surface area (Å²) in [6.45, 7) is 1.24. The van der Waals surface area contributed by atoms with Crippen molar-refractivity contribution in [2.24, 2.45) is 0 Å². The van der Waals surface area contributed by atoms with Crippen LogP contribution >= 0.6 is 0 Å². The van der Waals surface area contributed by atoms with Gasteiger partial charge >= 0.3 is 147 Å². The maximum absolute atomic E-state index is 14.1. The van der Waals surface area contributed by atoms with Crippen LogP contribution in [0.2, 0.25) is 0 Å². The van der Waals surface area contributed by atoms with E-state index in [2.05, 4.69) is 10.1 Å². The minimum absolute atomic E-state index is 0.0351. The van der Waals surface area contributed by atoms with Gasteiger partial charge in [-0.3, -0.25) is 0 Å². The van der Waals surface area contributed by atoms with Gasteiger partial charge in [-0.25, -0.2) is 0 Å². The molecule has 136 valence electrons. The topological polar surface area (TPSA) is 47.8 Å². The van der Waals surface area contributed by atoms with Crippen molar-refractivity contribution in [2.45, 2.75) is 24.2 Å². The van der Waals surface area contributed by atoms with Crippen molar-refractivity contribution in [1.82, 2.24) is 14.8 Å². The van der Waals surface area contributed by atoms with Crippen LogP contribution in [0, 0.1) is 12.7 Å². The van der Waals surface area contributed by atoms with Gasteiger partial charge in [-0.1, -0.05) is 0 Å². The first-order valence-electron chi connectivity index (χ1n) is 6.28. The second kappa shape index (κ2) is 6.71. The molecule has 2 rings (SSSR count). The van der Waals surface area contributed by atoms with Crippen LogP contribution in [-0.4, -0.2) is 47.8 Å². The maximum atomic E-state index is 14.1. The molecule has 1 aromatic heterocycles. The predicted octanol–water partition coefficient (Wildman–Crippen LogP) is 2.20. The Balaban J connectivity index is 2.55. The standard InChI is InChI=1S/C12H7AsF7N3OS/c1-5-2-6(14)7(3-8(5)25(24)4-11(15,16)17)23-10(13)21-9(22-23)12(18,19)20/h2-3H,4H2,1H3. The predicted molar refractivity (Wildman–Crippen MR) is 73.8 cm³/mol. The summed E-state index contributed by atoms with van der Waals surface area (Å²) in [6.07, 6.45) is -9.61. The summed E-state index contributed by atoms with van der Waals surface area (Å²) in [6, 6.07) is 1.55. The molecule has 0 spiro atoms. The van der Waals surface area contributed by atoms with Crippen LogP contribution in [0.1, 0.15) is 11.4 Å². The van der Waals surface area contributed by atoms with E-state index >= 15 is 0 Å². The number of halogens is 7. The number of rotatable bonds is 3. The molecule has 0 amide bonds. The number of aryl methyl sites for hydroxylation is 1. The average molecular weight is 449 g/mol. The second-order valence-electron chi connectivity index (χ2n) is 4.82. The molecule has 0 fully saturated rings. The molecule has 0 aliphatic heterocycles. The summed E-state index contributed by atoms with van der Waals surface area (Å²) < 4.78 is 101. The van der Waals surface area contributed by atoms with Gasteiger partial charge in [0.25, 0.3) is 0 Å². The first-order chi connectivity index (χ1) is 11.3. The van der Waals surface area contributed by atoms with E-state index in [9.17, 15) is 34.9 Å².